The molecule has 5 heteroatoms. The topological polar surface area (TPSA) is 59.5 Å². The van der Waals surface area contributed by atoms with Crippen LogP contribution in [0.15, 0.2) is 63.8 Å². The first-order valence-corrected chi connectivity index (χ1v) is 8.80. The zero-order valence-electron chi connectivity index (χ0n) is 15.5. The second-order valence-corrected chi connectivity index (χ2v) is 6.67. The van der Waals surface area contributed by atoms with E-state index in [0.717, 1.165) is 27.7 Å². The SMILES string of the molecule is Cc1cc(C)c2c(C)c(C(=O)N(Cc3ccco3)c3ccccn3)oc2c1. The van der Waals surface area contributed by atoms with Crippen molar-refractivity contribution in [1.82, 2.24) is 4.98 Å². The minimum Gasteiger partial charge on any atom is -0.467 e. The van der Waals surface area contributed by atoms with Crippen LogP contribution in [-0.2, 0) is 6.54 Å². The summed E-state index contributed by atoms with van der Waals surface area (Å²) < 4.78 is 11.4. The molecule has 0 unspecified atom stereocenters. The summed E-state index contributed by atoms with van der Waals surface area (Å²) in [6.45, 7) is 6.25. The second kappa shape index (κ2) is 6.76. The Morgan fingerprint density at radius 3 is 2.67 bits per heavy atom. The molecule has 0 radical (unpaired) electrons. The van der Waals surface area contributed by atoms with Gasteiger partial charge in [0, 0.05) is 17.1 Å². The summed E-state index contributed by atoms with van der Waals surface area (Å²) in [5, 5.41) is 0.989. The normalized spacial score (nSPS) is 11.1. The minimum absolute atomic E-state index is 0.240. The van der Waals surface area contributed by atoms with Crippen molar-refractivity contribution in [2.45, 2.75) is 27.3 Å². The number of aryl methyl sites for hydroxylation is 3. The Bertz CT molecular complexity index is 1100. The fourth-order valence-electron chi connectivity index (χ4n) is 3.44. The van der Waals surface area contributed by atoms with Gasteiger partial charge in [-0.2, -0.15) is 0 Å². The number of aromatic nitrogens is 1. The first-order chi connectivity index (χ1) is 13.0. The summed E-state index contributed by atoms with van der Waals surface area (Å²) in [7, 11) is 0. The number of rotatable bonds is 4. The lowest BCUT2D eigenvalue weighted by Gasteiger charge is -2.19. The number of pyridine rings is 1. The van der Waals surface area contributed by atoms with E-state index in [1.54, 1.807) is 29.5 Å². The first-order valence-electron chi connectivity index (χ1n) is 8.80. The maximum atomic E-state index is 13.4. The average Bonchev–Trinajstić information content (AvgIpc) is 3.27. The molecule has 27 heavy (non-hydrogen) atoms. The Balaban J connectivity index is 1.81. The van der Waals surface area contributed by atoms with Gasteiger partial charge in [0.2, 0.25) is 0 Å². The highest BCUT2D eigenvalue weighted by Gasteiger charge is 2.26. The second-order valence-electron chi connectivity index (χ2n) is 6.67. The standard InChI is InChI=1S/C22H20N2O3/c1-14-11-15(2)20-16(3)21(27-18(20)12-14)22(25)24(13-17-7-6-10-26-17)19-8-4-5-9-23-19/h4-12H,13H2,1-3H3. The summed E-state index contributed by atoms with van der Waals surface area (Å²) >= 11 is 0. The number of furan rings is 2. The molecular formula is C22H20N2O3. The summed E-state index contributed by atoms with van der Waals surface area (Å²) in [6.07, 6.45) is 3.26. The Morgan fingerprint density at radius 2 is 1.96 bits per heavy atom. The highest BCUT2D eigenvalue weighted by Crippen LogP contribution is 2.31. The van der Waals surface area contributed by atoms with E-state index in [1.165, 1.54) is 0 Å². The highest BCUT2D eigenvalue weighted by atomic mass is 16.3. The van der Waals surface area contributed by atoms with Gasteiger partial charge in [-0.1, -0.05) is 12.1 Å². The predicted molar refractivity (Wildman–Crippen MR) is 104 cm³/mol. The Hall–Kier alpha value is -3.34. The van der Waals surface area contributed by atoms with Crippen molar-refractivity contribution in [2.24, 2.45) is 0 Å². The van der Waals surface area contributed by atoms with Gasteiger partial charge < -0.3 is 8.83 Å². The predicted octanol–water partition coefficient (Wildman–Crippen LogP) is 5.19. The third kappa shape index (κ3) is 3.12. The molecule has 4 aromatic rings. The molecule has 0 saturated heterocycles. The maximum Gasteiger partial charge on any atom is 0.295 e. The number of nitrogens with zero attached hydrogens (tertiary/aromatic N) is 2. The quantitative estimate of drug-likeness (QED) is 0.502. The zero-order valence-corrected chi connectivity index (χ0v) is 15.5. The molecule has 0 aliphatic heterocycles. The molecule has 0 aliphatic carbocycles. The van der Waals surface area contributed by atoms with E-state index in [1.807, 2.05) is 45.0 Å². The molecule has 1 amide bonds. The average molecular weight is 360 g/mol. The first kappa shape index (κ1) is 17.1. The van der Waals surface area contributed by atoms with Gasteiger partial charge in [0.25, 0.3) is 5.91 Å². The Morgan fingerprint density at radius 1 is 1.11 bits per heavy atom. The van der Waals surface area contributed by atoms with Gasteiger partial charge in [0.1, 0.15) is 17.2 Å². The maximum absolute atomic E-state index is 13.4. The molecule has 0 bridgehead atoms. The summed E-state index contributed by atoms with van der Waals surface area (Å²) in [4.78, 5) is 19.3. The fourth-order valence-corrected chi connectivity index (χ4v) is 3.44. The Labute approximate surface area is 157 Å². The van der Waals surface area contributed by atoms with Crippen molar-refractivity contribution in [2.75, 3.05) is 4.90 Å². The fraction of sp³-hybridized carbons (Fsp3) is 0.182. The lowest BCUT2D eigenvalue weighted by molar-refractivity contribution is 0.0957. The van der Waals surface area contributed by atoms with Gasteiger partial charge in [-0.05, 0) is 62.2 Å². The largest absolute Gasteiger partial charge is 0.467 e. The van der Waals surface area contributed by atoms with Crippen LogP contribution < -0.4 is 4.90 Å². The number of amides is 1. The van der Waals surface area contributed by atoms with Crippen LogP contribution in [0.25, 0.3) is 11.0 Å². The number of fused-ring (bicyclic) bond motifs is 1. The third-order valence-electron chi connectivity index (χ3n) is 4.63. The molecule has 0 spiro atoms. The van der Waals surface area contributed by atoms with Gasteiger partial charge in [0.05, 0.1) is 12.8 Å². The monoisotopic (exact) mass is 360 g/mol. The van der Waals surface area contributed by atoms with Crippen LogP contribution in [0.3, 0.4) is 0 Å². The van der Waals surface area contributed by atoms with Crippen LogP contribution in [0, 0.1) is 20.8 Å². The van der Waals surface area contributed by atoms with E-state index in [-0.39, 0.29) is 12.5 Å². The van der Waals surface area contributed by atoms with Gasteiger partial charge >= 0.3 is 0 Å². The van der Waals surface area contributed by atoms with Crippen LogP contribution in [0.5, 0.6) is 0 Å². The van der Waals surface area contributed by atoms with Gasteiger partial charge in [0.15, 0.2) is 5.76 Å². The van der Waals surface area contributed by atoms with Crippen molar-refractivity contribution >= 4 is 22.7 Å². The van der Waals surface area contributed by atoms with E-state index in [9.17, 15) is 4.79 Å². The van der Waals surface area contributed by atoms with Crippen molar-refractivity contribution in [3.05, 3.63) is 83.1 Å². The van der Waals surface area contributed by atoms with Crippen molar-refractivity contribution in [3.8, 4) is 0 Å². The van der Waals surface area contributed by atoms with Crippen molar-refractivity contribution in [1.29, 1.82) is 0 Å². The molecule has 3 aromatic heterocycles. The van der Waals surface area contributed by atoms with E-state index in [0.29, 0.717) is 17.3 Å². The molecule has 0 N–H and O–H groups in total. The summed E-state index contributed by atoms with van der Waals surface area (Å²) in [5.74, 6) is 1.31. The summed E-state index contributed by atoms with van der Waals surface area (Å²) in [6, 6.07) is 13.2. The molecular weight excluding hydrogens is 340 g/mol. The van der Waals surface area contributed by atoms with E-state index in [2.05, 4.69) is 11.1 Å². The smallest absolute Gasteiger partial charge is 0.295 e. The molecule has 0 aliphatic rings. The van der Waals surface area contributed by atoms with Crippen LogP contribution >= 0.6 is 0 Å². The lowest BCUT2D eigenvalue weighted by atomic mass is 10.0. The van der Waals surface area contributed by atoms with Crippen LogP contribution in [-0.4, -0.2) is 10.9 Å². The highest BCUT2D eigenvalue weighted by molar-refractivity contribution is 6.07. The number of benzene rings is 1. The molecule has 0 fully saturated rings. The molecule has 1 aromatic carbocycles. The number of hydrogen-bond acceptors (Lipinski definition) is 4. The van der Waals surface area contributed by atoms with Crippen molar-refractivity contribution < 1.29 is 13.6 Å². The third-order valence-corrected chi connectivity index (χ3v) is 4.63. The molecule has 0 saturated carbocycles. The molecule has 5 nitrogen and oxygen atoms in total. The van der Waals surface area contributed by atoms with Crippen LogP contribution in [0.2, 0.25) is 0 Å². The molecule has 4 rings (SSSR count). The number of anilines is 1. The van der Waals surface area contributed by atoms with E-state index in [4.69, 9.17) is 8.83 Å². The lowest BCUT2D eigenvalue weighted by Crippen LogP contribution is -2.31. The number of carbonyl (C=O) groups is 1. The molecule has 3 heterocycles. The van der Waals surface area contributed by atoms with E-state index >= 15 is 0 Å². The van der Waals surface area contributed by atoms with Crippen LogP contribution in [0.4, 0.5) is 5.82 Å². The van der Waals surface area contributed by atoms with Gasteiger partial charge in [-0.3, -0.25) is 9.69 Å². The van der Waals surface area contributed by atoms with Crippen LogP contribution in [0.1, 0.15) is 33.0 Å². The van der Waals surface area contributed by atoms with E-state index < -0.39 is 0 Å². The Kier molecular flexibility index (Phi) is 4.28. The number of hydrogen-bond donors (Lipinski definition) is 0. The molecule has 0 atom stereocenters. The number of carbonyl (C=O) groups excluding carboxylic acids is 1. The molecule has 136 valence electrons. The minimum atomic E-state index is -0.240. The van der Waals surface area contributed by atoms with Crippen molar-refractivity contribution in [3.63, 3.8) is 0 Å². The van der Waals surface area contributed by atoms with Gasteiger partial charge in [-0.15, -0.1) is 0 Å². The summed E-state index contributed by atoms with van der Waals surface area (Å²) in [5.41, 5.74) is 3.77. The van der Waals surface area contributed by atoms with Gasteiger partial charge in [-0.25, -0.2) is 4.98 Å². The zero-order chi connectivity index (χ0) is 19.0.